The molecule has 0 saturated carbocycles. The normalized spacial score (nSPS) is 14.3. The highest BCUT2D eigenvalue weighted by atomic mass is 16.3. The van der Waals surface area contributed by atoms with Gasteiger partial charge < -0.3 is 15.5 Å². The van der Waals surface area contributed by atoms with Crippen molar-refractivity contribution < 1.29 is 15.0 Å². The van der Waals surface area contributed by atoms with Crippen molar-refractivity contribution in [1.82, 2.24) is 5.32 Å². The SMILES string of the molecule is CC/C=C\C/C=C\C/C=C\C/C=C\C/C=C\C/C=C\C/C=C\C/C=C\C/C=C\CCCC(=O)NC(CO)C(O)CCCCCCCCC. The third kappa shape index (κ3) is 34.4. The van der Waals surface area contributed by atoms with E-state index in [1.165, 1.54) is 32.1 Å². The molecule has 0 aromatic carbocycles. The quantitative estimate of drug-likeness (QED) is 0.0496. The first kappa shape index (κ1) is 45.0. The molecular formula is C44H71NO3. The zero-order valence-electron chi connectivity index (χ0n) is 30.7. The van der Waals surface area contributed by atoms with Gasteiger partial charge in [0.15, 0.2) is 0 Å². The van der Waals surface area contributed by atoms with Gasteiger partial charge in [-0.2, -0.15) is 0 Å². The number of unbranched alkanes of at least 4 members (excludes halogenated alkanes) is 7. The molecule has 0 aromatic rings. The molecule has 0 spiro atoms. The van der Waals surface area contributed by atoms with Crippen LogP contribution < -0.4 is 5.32 Å². The number of allylic oxidation sites excluding steroid dienone is 18. The number of aliphatic hydroxyl groups excluding tert-OH is 2. The number of hydrogen-bond acceptors (Lipinski definition) is 3. The molecule has 0 rings (SSSR count). The van der Waals surface area contributed by atoms with Gasteiger partial charge in [0.25, 0.3) is 0 Å². The first-order chi connectivity index (χ1) is 23.7. The minimum Gasteiger partial charge on any atom is -0.394 e. The molecule has 0 aromatic heterocycles. The smallest absolute Gasteiger partial charge is 0.220 e. The van der Waals surface area contributed by atoms with Crippen LogP contribution in [0, 0.1) is 0 Å². The monoisotopic (exact) mass is 662 g/mol. The summed E-state index contributed by atoms with van der Waals surface area (Å²) in [5.41, 5.74) is 0. The second-order valence-electron chi connectivity index (χ2n) is 12.3. The first-order valence-electron chi connectivity index (χ1n) is 19.1. The Morgan fingerprint density at radius 3 is 1.29 bits per heavy atom. The molecule has 0 aliphatic rings. The summed E-state index contributed by atoms with van der Waals surface area (Å²) in [5.74, 6) is -0.100. The lowest BCUT2D eigenvalue weighted by atomic mass is 10.0. The summed E-state index contributed by atoms with van der Waals surface area (Å²) < 4.78 is 0. The molecule has 0 aliphatic carbocycles. The zero-order valence-corrected chi connectivity index (χ0v) is 30.7. The van der Waals surface area contributed by atoms with E-state index in [0.29, 0.717) is 12.8 Å². The average Bonchev–Trinajstić information content (AvgIpc) is 3.09. The van der Waals surface area contributed by atoms with Crippen molar-refractivity contribution >= 4 is 5.91 Å². The number of amides is 1. The van der Waals surface area contributed by atoms with E-state index in [4.69, 9.17) is 0 Å². The molecule has 0 heterocycles. The molecule has 0 fully saturated rings. The van der Waals surface area contributed by atoms with Gasteiger partial charge >= 0.3 is 0 Å². The predicted molar refractivity (Wildman–Crippen MR) is 211 cm³/mol. The molecule has 270 valence electrons. The lowest BCUT2D eigenvalue weighted by Gasteiger charge is -2.22. The van der Waals surface area contributed by atoms with Gasteiger partial charge in [-0.05, 0) is 77.0 Å². The Bertz CT molecular complexity index is 979. The molecule has 4 heteroatoms. The minimum absolute atomic E-state index is 0.100. The maximum atomic E-state index is 12.3. The van der Waals surface area contributed by atoms with Crippen LogP contribution in [0.15, 0.2) is 109 Å². The molecule has 4 nitrogen and oxygen atoms in total. The van der Waals surface area contributed by atoms with Gasteiger partial charge in [0.1, 0.15) is 0 Å². The van der Waals surface area contributed by atoms with Gasteiger partial charge in [0, 0.05) is 6.42 Å². The Kier molecular flexibility index (Phi) is 36.1. The van der Waals surface area contributed by atoms with Crippen LogP contribution >= 0.6 is 0 Å². The van der Waals surface area contributed by atoms with Crippen LogP contribution in [0.1, 0.15) is 142 Å². The third-order valence-corrected chi connectivity index (χ3v) is 7.80. The van der Waals surface area contributed by atoms with E-state index in [9.17, 15) is 15.0 Å². The zero-order chi connectivity index (χ0) is 35.0. The molecule has 0 saturated heterocycles. The molecule has 0 bridgehead atoms. The minimum atomic E-state index is -0.687. The first-order valence-corrected chi connectivity index (χ1v) is 19.1. The van der Waals surface area contributed by atoms with Gasteiger partial charge in [-0.15, -0.1) is 0 Å². The number of hydrogen-bond donors (Lipinski definition) is 3. The Labute approximate surface area is 296 Å². The van der Waals surface area contributed by atoms with E-state index in [1.54, 1.807) is 0 Å². The van der Waals surface area contributed by atoms with E-state index in [2.05, 4.69) is 129 Å². The van der Waals surface area contributed by atoms with Crippen LogP contribution in [0.2, 0.25) is 0 Å². The molecule has 48 heavy (non-hydrogen) atoms. The number of nitrogens with one attached hydrogen (secondary N) is 1. The van der Waals surface area contributed by atoms with E-state index >= 15 is 0 Å². The summed E-state index contributed by atoms with van der Waals surface area (Å²) in [4.78, 5) is 12.3. The molecule has 2 unspecified atom stereocenters. The summed E-state index contributed by atoms with van der Waals surface area (Å²) >= 11 is 0. The van der Waals surface area contributed by atoms with E-state index in [1.807, 2.05) is 0 Å². The van der Waals surface area contributed by atoms with Crippen molar-refractivity contribution in [1.29, 1.82) is 0 Å². The number of aliphatic hydroxyl groups is 2. The van der Waals surface area contributed by atoms with Crippen LogP contribution in [0.5, 0.6) is 0 Å². The maximum Gasteiger partial charge on any atom is 0.220 e. The van der Waals surface area contributed by atoms with Gasteiger partial charge in [0.2, 0.25) is 5.91 Å². The Hall–Kier alpha value is -2.95. The van der Waals surface area contributed by atoms with Crippen molar-refractivity contribution in [2.45, 2.75) is 154 Å². The lowest BCUT2D eigenvalue weighted by molar-refractivity contribution is -0.123. The highest BCUT2D eigenvalue weighted by Gasteiger charge is 2.19. The summed E-state index contributed by atoms with van der Waals surface area (Å²) in [7, 11) is 0. The fourth-order valence-corrected chi connectivity index (χ4v) is 4.89. The fourth-order valence-electron chi connectivity index (χ4n) is 4.89. The molecule has 3 N–H and O–H groups in total. The number of rotatable bonds is 32. The molecule has 1 amide bonds. The Balaban J connectivity index is 3.76. The van der Waals surface area contributed by atoms with E-state index in [-0.39, 0.29) is 12.5 Å². The molecule has 0 aliphatic heterocycles. The average molecular weight is 662 g/mol. The largest absolute Gasteiger partial charge is 0.394 e. The molecule has 0 radical (unpaired) electrons. The van der Waals surface area contributed by atoms with Gasteiger partial charge in [0.05, 0.1) is 18.8 Å². The maximum absolute atomic E-state index is 12.3. The van der Waals surface area contributed by atoms with Crippen molar-refractivity contribution in [3.63, 3.8) is 0 Å². The summed E-state index contributed by atoms with van der Waals surface area (Å²) in [5, 5.41) is 22.8. The summed E-state index contributed by atoms with van der Waals surface area (Å²) in [6, 6.07) is -0.571. The predicted octanol–water partition coefficient (Wildman–Crippen LogP) is 11.7. The van der Waals surface area contributed by atoms with Crippen LogP contribution in [0.4, 0.5) is 0 Å². The Morgan fingerprint density at radius 1 is 0.521 bits per heavy atom. The topological polar surface area (TPSA) is 69.6 Å². The second kappa shape index (κ2) is 38.5. The Morgan fingerprint density at radius 2 is 0.896 bits per heavy atom. The van der Waals surface area contributed by atoms with Gasteiger partial charge in [-0.1, -0.05) is 168 Å². The third-order valence-electron chi connectivity index (χ3n) is 7.80. The lowest BCUT2D eigenvalue weighted by Crippen LogP contribution is -2.45. The van der Waals surface area contributed by atoms with Crippen molar-refractivity contribution in [2.24, 2.45) is 0 Å². The van der Waals surface area contributed by atoms with Crippen LogP contribution in [-0.4, -0.2) is 34.9 Å². The van der Waals surface area contributed by atoms with Crippen molar-refractivity contribution in [3.05, 3.63) is 109 Å². The van der Waals surface area contributed by atoms with Crippen LogP contribution in [-0.2, 0) is 4.79 Å². The molecule has 2 atom stereocenters. The van der Waals surface area contributed by atoms with Gasteiger partial charge in [-0.3, -0.25) is 4.79 Å². The van der Waals surface area contributed by atoms with E-state index < -0.39 is 12.1 Å². The van der Waals surface area contributed by atoms with Gasteiger partial charge in [-0.25, -0.2) is 0 Å². The van der Waals surface area contributed by atoms with Crippen LogP contribution in [0.3, 0.4) is 0 Å². The van der Waals surface area contributed by atoms with E-state index in [0.717, 1.165) is 83.5 Å². The summed E-state index contributed by atoms with van der Waals surface area (Å²) in [6.07, 6.45) is 58.8. The number of carbonyl (C=O) groups is 1. The van der Waals surface area contributed by atoms with Crippen LogP contribution in [0.25, 0.3) is 0 Å². The fraction of sp³-hybridized carbons (Fsp3) is 0.568. The second-order valence-corrected chi connectivity index (χ2v) is 12.3. The van der Waals surface area contributed by atoms with Crippen molar-refractivity contribution in [3.8, 4) is 0 Å². The molecular weight excluding hydrogens is 590 g/mol. The highest BCUT2D eigenvalue weighted by Crippen LogP contribution is 2.12. The standard InChI is InChI=1S/C44H71NO3/c1-3-5-7-9-11-12-13-14-15-16-17-18-19-20-21-22-23-24-25-26-27-28-29-30-31-32-34-36-38-40-44(48)45-42(41-46)43(47)39-37-35-33-10-8-6-4-2/h5,7,11-12,14-15,17-18,20-21,23-24,26-27,29-30,32,34,42-43,46-47H,3-4,6,8-10,13,16,19,22,25,28,31,33,35-41H2,1-2H3,(H,45,48)/b7-5-,12-11-,15-14-,18-17-,21-20-,24-23-,27-26-,30-29-,34-32-. The number of carbonyl (C=O) groups excluding carboxylic acids is 1. The van der Waals surface area contributed by atoms with Crippen molar-refractivity contribution in [2.75, 3.05) is 6.61 Å². The highest BCUT2D eigenvalue weighted by molar-refractivity contribution is 5.76. The summed E-state index contributed by atoms with van der Waals surface area (Å²) in [6.45, 7) is 4.14.